The minimum atomic E-state index is -2.62. The number of ketones is 1. The standard InChI is InChI=1S/C17H20F2N4O2/c1-20-8-2-3-13(24)12-9-21-15-14(12)16(23-10-22-15)25-11-4-6-17(18,19)7-5-11/h2-3,9-11,20H,4-8H2,1H3,(H,21,22,23). The van der Waals surface area contributed by atoms with Crippen molar-refractivity contribution in [3.63, 3.8) is 0 Å². The van der Waals surface area contributed by atoms with Crippen molar-refractivity contribution in [2.45, 2.75) is 37.7 Å². The molecule has 0 unspecified atom stereocenters. The first-order chi connectivity index (χ1) is 12.0. The van der Waals surface area contributed by atoms with Crippen LogP contribution in [0, 0.1) is 0 Å². The number of aromatic nitrogens is 3. The number of hydrogen-bond donors (Lipinski definition) is 2. The number of rotatable bonds is 6. The van der Waals surface area contributed by atoms with Gasteiger partial charge in [-0.1, -0.05) is 6.08 Å². The van der Waals surface area contributed by atoms with Crippen LogP contribution in [0.25, 0.3) is 11.0 Å². The molecular formula is C17H20F2N4O2. The summed E-state index contributed by atoms with van der Waals surface area (Å²) in [6.07, 6.45) is 5.86. The lowest BCUT2D eigenvalue weighted by Crippen LogP contribution is -2.31. The van der Waals surface area contributed by atoms with E-state index in [1.54, 1.807) is 19.3 Å². The molecule has 1 aliphatic carbocycles. The topological polar surface area (TPSA) is 79.9 Å². The molecule has 0 radical (unpaired) electrons. The van der Waals surface area contributed by atoms with Crippen LogP contribution in [0.4, 0.5) is 8.78 Å². The third-order valence-electron chi connectivity index (χ3n) is 4.23. The molecule has 0 spiro atoms. The van der Waals surface area contributed by atoms with E-state index in [-0.39, 0.29) is 43.5 Å². The molecule has 6 nitrogen and oxygen atoms in total. The van der Waals surface area contributed by atoms with Crippen molar-refractivity contribution in [2.75, 3.05) is 13.6 Å². The fourth-order valence-electron chi connectivity index (χ4n) is 2.88. The monoisotopic (exact) mass is 350 g/mol. The Balaban J connectivity index is 1.83. The van der Waals surface area contributed by atoms with Gasteiger partial charge in [-0.3, -0.25) is 4.79 Å². The number of carbonyl (C=O) groups is 1. The summed E-state index contributed by atoms with van der Waals surface area (Å²) in [6, 6.07) is 0. The molecule has 0 aliphatic heterocycles. The van der Waals surface area contributed by atoms with E-state index < -0.39 is 5.92 Å². The zero-order valence-electron chi connectivity index (χ0n) is 13.9. The van der Waals surface area contributed by atoms with Gasteiger partial charge in [0.2, 0.25) is 11.8 Å². The van der Waals surface area contributed by atoms with Gasteiger partial charge >= 0.3 is 0 Å². The first-order valence-electron chi connectivity index (χ1n) is 8.22. The Morgan fingerprint density at radius 1 is 1.44 bits per heavy atom. The van der Waals surface area contributed by atoms with Crippen molar-refractivity contribution in [3.05, 3.63) is 30.2 Å². The van der Waals surface area contributed by atoms with Crippen molar-refractivity contribution < 1.29 is 18.3 Å². The van der Waals surface area contributed by atoms with E-state index in [1.165, 1.54) is 12.4 Å². The second-order valence-corrected chi connectivity index (χ2v) is 6.10. The van der Waals surface area contributed by atoms with Gasteiger partial charge in [-0.25, -0.2) is 18.7 Å². The van der Waals surface area contributed by atoms with Gasteiger partial charge in [0.15, 0.2) is 5.78 Å². The number of allylic oxidation sites excluding steroid dienone is 1. The second-order valence-electron chi connectivity index (χ2n) is 6.10. The molecule has 25 heavy (non-hydrogen) atoms. The third kappa shape index (κ3) is 4.01. The van der Waals surface area contributed by atoms with Crippen LogP contribution in [0.1, 0.15) is 36.0 Å². The highest BCUT2D eigenvalue weighted by Crippen LogP contribution is 2.36. The molecule has 1 aliphatic rings. The second kappa shape index (κ2) is 7.26. The molecule has 0 amide bonds. The summed E-state index contributed by atoms with van der Waals surface area (Å²) in [5.41, 5.74) is 0.885. The SMILES string of the molecule is CNCC=CC(=O)c1c[nH]c2ncnc(OC3CCC(F)(F)CC3)c12. The molecule has 2 N–H and O–H groups in total. The van der Waals surface area contributed by atoms with Crippen molar-refractivity contribution in [3.8, 4) is 5.88 Å². The van der Waals surface area contributed by atoms with Gasteiger partial charge in [0.25, 0.3) is 0 Å². The Morgan fingerprint density at radius 2 is 2.20 bits per heavy atom. The average molecular weight is 350 g/mol. The highest BCUT2D eigenvalue weighted by molar-refractivity contribution is 6.13. The lowest BCUT2D eigenvalue weighted by atomic mass is 9.94. The van der Waals surface area contributed by atoms with Crippen molar-refractivity contribution >= 4 is 16.8 Å². The van der Waals surface area contributed by atoms with Gasteiger partial charge < -0.3 is 15.0 Å². The van der Waals surface area contributed by atoms with Crippen LogP contribution >= 0.6 is 0 Å². The highest BCUT2D eigenvalue weighted by Gasteiger charge is 2.36. The average Bonchev–Trinajstić information content (AvgIpc) is 3.02. The number of carbonyl (C=O) groups excluding carboxylic acids is 1. The Labute approximate surface area is 143 Å². The number of nitrogens with one attached hydrogen (secondary N) is 2. The number of fused-ring (bicyclic) bond motifs is 1. The van der Waals surface area contributed by atoms with E-state index in [4.69, 9.17) is 4.74 Å². The molecule has 0 atom stereocenters. The number of alkyl halides is 2. The molecule has 8 heteroatoms. The van der Waals surface area contributed by atoms with Gasteiger partial charge in [0.1, 0.15) is 18.1 Å². The maximum absolute atomic E-state index is 13.3. The molecule has 1 saturated carbocycles. The number of nitrogens with zero attached hydrogens (tertiary/aromatic N) is 2. The summed E-state index contributed by atoms with van der Waals surface area (Å²) in [7, 11) is 1.79. The van der Waals surface area contributed by atoms with Crippen molar-refractivity contribution in [1.29, 1.82) is 0 Å². The lowest BCUT2D eigenvalue weighted by Gasteiger charge is -2.28. The quantitative estimate of drug-likeness (QED) is 0.619. The number of halogens is 2. The lowest BCUT2D eigenvalue weighted by molar-refractivity contribution is -0.0586. The fraction of sp³-hybridized carbons (Fsp3) is 0.471. The Hall–Kier alpha value is -2.35. The Kier molecular flexibility index (Phi) is 5.08. The molecule has 0 saturated heterocycles. The molecule has 1 fully saturated rings. The largest absolute Gasteiger partial charge is 0.474 e. The highest BCUT2D eigenvalue weighted by atomic mass is 19.3. The molecule has 2 heterocycles. The van der Waals surface area contributed by atoms with Crippen LogP contribution in [0.15, 0.2) is 24.7 Å². The van der Waals surface area contributed by atoms with Crippen molar-refractivity contribution in [1.82, 2.24) is 20.3 Å². The first kappa shape index (κ1) is 17.5. The predicted molar refractivity (Wildman–Crippen MR) is 89.1 cm³/mol. The summed E-state index contributed by atoms with van der Waals surface area (Å²) in [4.78, 5) is 23.5. The van der Waals surface area contributed by atoms with Crippen LogP contribution in [-0.2, 0) is 0 Å². The summed E-state index contributed by atoms with van der Waals surface area (Å²) in [5, 5.41) is 3.41. The molecule has 3 rings (SSSR count). The summed E-state index contributed by atoms with van der Waals surface area (Å²) in [5.74, 6) is -2.56. The van der Waals surface area contributed by atoms with E-state index in [0.717, 1.165) is 0 Å². The van der Waals surface area contributed by atoms with Gasteiger partial charge in [-0.15, -0.1) is 0 Å². The molecule has 0 aromatic carbocycles. The van der Waals surface area contributed by atoms with E-state index in [9.17, 15) is 13.6 Å². The van der Waals surface area contributed by atoms with Gasteiger partial charge in [-0.2, -0.15) is 0 Å². The van der Waals surface area contributed by atoms with Crippen LogP contribution in [0.5, 0.6) is 5.88 Å². The molecular weight excluding hydrogens is 330 g/mol. The minimum Gasteiger partial charge on any atom is -0.474 e. The number of likely N-dealkylation sites (N-methyl/N-ethyl adjacent to an activating group) is 1. The maximum atomic E-state index is 13.3. The number of ether oxygens (including phenoxy) is 1. The normalized spacial score (nSPS) is 18.0. The van der Waals surface area contributed by atoms with E-state index in [2.05, 4.69) is 20.3 Å². The zero-order chi connectivity index (χ0) is 17.9. The Bertz CT molecular complexity index is 778. The van der Waals surface area contributed by atoms with Crippen LogP contribution in [0.2, 0.25) is 0 Å². The molecule has 2 aromatic heterocycles. The molecule has 0 bridgehead atoms. The fourth-order valence-corrected chi connectivity index (χ4v) is 2.88. The van der Waals surface area contributed by atoms with E-state index >= 15 is 0 Å². The third-order valence-corrected chi connectivity index (χ3v) is 4.23. The number of aromatic amines is 1. The van der Waals surface area contributed by atoms with Crippen LogP contribution in [0.3, 0.4) is 0 Å². The van der Waals surface area contributed by atoms with Gasteiger partial charge in [-0.05, 0) is 26.0 Å². The number of H-pyrrole nitrogens is 1. The van der Waals surface area contributed by atoms with Gasteiger partial charge in [0, 0.05) is 25.6 Å². The number of hydrogen-bond acceptors (Lipinski definition) is 5. The summed E-state index contributed by atoms with van der Waals surface area (Å²) >= 11 is 0. The maximum Gasteiger partial charge on any atom is 0.248 e. The van der Waals surface area contributed by atoms with E-state index in [0.29, 0.717) is 23.1 Å². The smallest absolute Gasteiger partial charge is 0.248 e. The zero-order valence-corrected chi connectivity index (χ0v) is 13.9. The van der Waals surface area contributed by atoms with Crippen molar-refractivity contribution in [2.24, 2.45) is 0 Å². The minimum absolute atomic E-state index is 0.197. The van der Waals surface area contributed by atoms with Crippen LogP contribution in [-0.4, -0.2) is 46.4 Å². The molecule has 134 valence electrons. The summed E-state index contributed by atoms with van der Waals surface area (Å²) < 4.78 is 32.4. The Morgan fingerprint density at radius 3 is 2.92 bits per heavy atom. The molecule has 2 aromatic rings. The van der Waals surface area contributed by atoms with E-state index in [1.807, 2.05) is 0 Å². The van der Waals surface area contributed by atoms with Crippen LogP contribution < -0.4 is 10.1 Å². The summed E-state index contributed by atoms with van der Waals surface area (Å²) in [6.45, 7) is 0.574. The predicted octanol–water partition coefficient (Wildman–Crippen LogP) is 2.87. The van der Waals surface area contributed by atoms with Gasteiger partial charge in [0.05, 0.1) is 10.9 Å². The first-order valence-corrected chi connectivity index (χ1v) is 8.22.